The molecule has 0 unspecified atom stereocenters. The molecule has 0 aliphatic heterocycles. The van der Waals surface area contributed by atoms with Crippen LogP contribution in [-0.2, 0) is 13.5 Å². The predicted octanol–water partition coefficient (Wildman–Crippen LogP) is 3.45. The molecule has 0 bridgehead atoms. The van der Waals surface area contributed by atoms with Crippen molar-refractivity contribution in [2.75, 3.05) is 5.32 Å². The summed E-state index contributed by atoms with van der Waals surface area (Å²) < 4.78 is 1.75. The molecule has 0 aliphatic carbocycles. The van der Waals surface area contributed by atoms with Crippen molar-refractivity contribution < 1.29 is 0 Å². The van der Waals surface area contributed by atoms with E-state index in [0.29, 0.717) is 0 Å². The second-order valence-electron chi connectivity index (χ2n) is 5.15. The van der Waals surface area contributed by atoms with Gasteiger partial charge in [-0.3, -0.25) is 4.68 Å². The van der Waals surface area contributed by atoms with Gasteiger partial charge in [0.25, 0.3) is 0 Å². The molecular weight excluding hydrogens is 262 g/mol. The van der Waals surface area contributed by atoms with Gasteiger partial charge in [0, 0.05) is 12.7 Å². The molecule has 5 heteroatoms. The van der Waals surface area contributed by atoms with E-state index in [1.807, 2.05) is 7.05 Å². The average Bonchev–Trinajstić information content (AvgIpc) is 2.89. The van der Waals surface area contributed by atoms with Crippen molar-refractivity contribution >= 4 is 22.5 Å². The molecule has 0 amide bonds. The summed E-state index contributed by atoms with van der Waals surface area (Å²) in [6.45, 7) is 2.21. The zero-order valence-corrected chi connectivity index (χ0v) is 12.4. The van der Waals surface area contributed by atoms with Crippen molar-refractivity contribution in [3.8, 4) is 0 Å². The second-order valence-corrected chi connectivity index (χ2v) is 5.15. The molecule has 1 aromatic carbocycles. The number of nitrogens with one attached hydrogen (secondary N) is 1. The molecule has 2 heterocycles. The topological polar surface area (TPSA) is 55.6 Å². The highest BCUT2D eigenvalue weighted by molar-refractivity contribution is 5.88. The Morgan fingerprint density at radius 1 is 1.14 bits per heavy atom. The highest BCUT2D eigenvalue weighted by Crippen LogP contribution is 2.22. The minimum absolute atomic E-state index is 0.786. The van der Waals surface area contributed by atoms with Gasteiger partial charge in [0.1, 0.15) is 12.1 Å². The Morgan fingerprint density at radius 3 is 2.71 bits per heavy atom. The number of anilines is 2. The first-order chi connectivity index (χ1) is 10.3. The fourth-order valence-corrected chi connectivity index (χ4v) is 2.33. The maximum absolute atomic E-state index is 4.31. The Morgan fingerprint density at radius 2 is 1.95 bits per heavy atom. The van der Waals surface area contributed by atoms with Crippen LogP contribution in [0.5, 0.6) is 0 Å². The van der Waals surface area contributed by atoms with E-state index in [4.69, 9.17) is 0 Å². The third-order valence-electron chi connectivity index (χ3n) is 3.57. The van der Waals surface area contributed by atoms with Crippen LogP contribution >= 0.6 is 0 Å². The first-order valence-electron chi connectivity index (χ1n) is 7.26. The summed E-state index contributed by atoms with van der Waals surface area (Å²) in [6, 6.07) is 8.52. The Bertz CT molecular complexity index is 730. The summed E-state index contributed by atoms with van der Waals surface area (Å²) in [7, 11) is 1.88. The highest BCUT2D eigenvalue weighted by Gasteiger charge is 2.07. The molecule has 0 saturated carbocycles. The van der Waals surface area contributed by atoms with Gasteiger partial charge in [0.05, 0.1) is 11.6 Å². The van der Waals surface area contributed by atoms with Gasteiger partial charge >= 0.3 is 0 Å². The molecule has 108 valence electrons. The second kappa shape index (κ2) is 5.91. The zero-order chi connectivity index (χ0) is 14.7. The molecule has 1 N–H and O–H groups in total. The molecule has 3 rings (SSSR count). The Labute approximate surface area is 124 Å². The summed E-state index contributed by atoms with van der Waals surface area (Å²) in [5.41, 5.74) is 3.22. The Balaban J connectivity index is 1.82. The SMILES string of the molecule is CCCCc1ccc(Nc2ncnc3c2cnn3C)cc1. The number of hydrogen-bond donors (Lipinski definition) is 1. The molecule has 21 heavy (non-hydrogen) atoms. The van der Waals surface area contributed by atoms with E-state index in [-0.39, 0.29) is 0 Å². The zero-order valence-electron chi connectivity index (χ0n) is 12.4. The van der Waals surface area contributed by atoms with Gasteiger partial charge in [0.2, 0.25) is 0 Å². The number of rotatable bonds is 5. The van der Waals surface area contributed by atoms with Crippen LogP contribution in [-0.4, -0.2) is 19.7 Å². The summed E-state index contributed by atoms with van der Waals surface area (Å²) in [4.78, 5) is 8.55. The fourth-order valence-electron chi connectivity index (χ4n) is 2.33. The van der Waals surface area contributed by atoms with E-state index in [1.54, 1.807) is 17.2 Å². The maximum Gasteiger partial charge on any atom is 0.163 e. The standard InChI is InChI=1S/C16H19N5/c1-3-4-5-12-6-8-13(9-7-12)20-15-14-10-19-21(2)16(14)18-11-17-15/h6-11H,3-5H2,1-2H3,(H,17,18,20). The number of nitrogens with zero attached hydrogens (tertiary/aromatic N) is 4. The van der Waals surface area contributed by atoms with Gasteiger partial charge in [-0.2, -0.15) is 5.10 Å². The monoisotopic (exact) mass is 281 g/mol. The van der Waals surface area contributed by atoms with Crippen LogP contribution in [0.3, 0.4) is 0 Å². The molecule has 0 fully saturated rings. The van der Waals surface area contributed by atoms with Crippen molar-refractivity contribution in [1.82, 2.24) is 19.7 Å². The smallest absolute Gasteiger partial charge is 0.163 e. The first-order valence-corrected chi connectivity index (χ1v) is 7.26. The van der Waals surface area contributed by atoms with Crippen LogP contribution in [0.25, 0.3) is 11.0 Å². The molecule has 0 aliphatic rings. The molecule has 0 atom stereocenters. The van der Waals surface area contributed by atoms with Gasteiger partial charge in [-0.25, -0.2) is 9.97 Å². The molecule has 0 saturated heterocycles. The molecule has 5 nitrogen and oxygen atoms in total. The lowest BCUT2D eigenvalue weighted by Gasteiger charge is -2.07. The van der Waals surface area contributed by atoms with Crippen molar-refractivity contribution in [2.45, 2.75) is 26.2 Å². The van der Waals surface area contributed by atoms with Gasteiger partial charge in [-0.05, 0) is 30.5 Å². The molecule has 3 aromatic rings. The van der Waals surface area contributed by atoms with Gasteiger partial charge in [-0.1, -0.05) is 25.5 Å². The average molecular weight is 281 g/mol. The van der Waals surface area contributed by atoms with E-state index in [0.717, 1.165) is 29.0 Å². The summed E-state index contributed by atoms with van der Waals surface area (Å²) in [6.07, 6.45) is 6.93. The number of benzene rings is 1. The maximum atomic E-state index is 4.31. The largest absolute Gasteiger partial charge is 0.340 e. The Hall–Kier alpha value is -2.43. The van der Waals surface area contributed by atoms with Crippen molar-refractivity contribution in [2.24, 2.45) is 7.05 Å². The molecule has 0 radical (unpaired) electrons. The van der Waals surface area contributed by atoms with E-state index in [2.05, 4.69) is 51.6 Å². The van der Waals surface area contributed by atoms with E-state index in [1.165, 1.54) is 18.4 Å². The Kier molecular flexibility index (Phi) is 3.81. The lowest BCUT2D eigenvalue weighted by Crippen LogP contribution is -1.97. The van der Waals surface area contributed by atoms with E-state index in [9.17, 15) is 0 Å². The van der Waals surface area contributed by atoms with Crippen LogP contribution in [0, 0.1) is 0 Å². The third-order valence-corrected chi connectivity index (χ3v) is 3.57. The van der Waals surface area contributed by atoms with E-state index >= 15 is 0 Å². The van der Waals surface area contributed by atoms with Gasteiger partial charge < -0.3 is 5.32 Å². The van der Waals surface area contributed by atoms with Crippen LogP contribution < -0.4 is 5.32 Å². The molecule has 0 spiro atoms. The van der Waals surface area contributed by atoms with Gasteiger partial charge in [-0.15, -0.1) is 0 Å². The fraction of sp³-hybridized carbons (Fsp3) is 0.312. The predicted molar refractivity (Wildman–Crippen MR) is 84.6 cm³/mol. The quantitative estimate of drug-likeness (QED) is 0.778. The summed E-state index contributed by atoms with van der Waals surface area (Å²) >= 11 is 0. The number of fused-ring (bicyclic) bond motifs is 1. The normalized spacial score (nSPS) is 11.0. The van der Waals surface area contributed by atoms with Crippen molar-refractivity contribution in [3.05, 3.63) is 42.4 Å². The number of aromatic nitrogens is 4. The van der Waals surface area contributed by atoms with Crippen molar-refractivity contribution in [3.63, 3.8) is 0 Å². The lowest BCUT2D eigenvalue weighted by atomic mass is 10.1. The number of aryl methyl sites for hydroxylation is 2. The lowest BCUT2D eigenvalue weighted by molar-refractivity contribution is 0.785. The van der Waals surface area contributed by atoms with Gasteiger partial charge in [0.15, 0.2) is 5.65 Å². The van der Waals surface area contributed by atoms with Crippen LogP contribution in [0.4, 0.5) is 11.5 Å². The minimum Gasteiger partial charge on any atom is -0.340 e. The van der Waals surface area contributed by atoms with Crippen LogP contribution in [0.1, 0.15) is 25.3 Å². The van der Waals surface area contributed by atoms with Crippen LogP contribution in [0.15, 0.2) is 36.8 Å². The number of unbranched alkanes of at least 4 members (excludes halogenated alkanes) is 1. The van der Waals surface area contributed by atoms with Crippen molar-refractivity contribution in [1.29, 1.82) is 0 Å². The minimum atomic E-state index is 0.786. The number of hydrogen-bond acceptors (Lipinski definition) is 4. The summed E-state index contributed by atoms with van der Waals surface area (Å²) in [5, 5.41) is 8.49. The third kappa shape index (κ3) is 2.86. The highest BCUT2D eigenvalue weighted by atomic mass is 15.3. The van der Waals surface area contributed by atoms with Crippen LogP contribution in [0.2, 0.25) is 0 Å². The molecule has 2 aromatic heterocycles. The summed E-state index contributed by atoms with van der Waals surface area (Å²) in [5.74, 6) is 0.786. The first kappa shape index (κ1) is 13.5. The molecular formula is C16H19N5. The van der Waals surface area contributed by atoms with E-state index < -0.39 is 0 Å².